The lowest BCUT2D eigenvalue weighted by molar-refractivity contribution is 0.233. The molecule has 4 heterocycles. The molecule has 3 aromatic heterocycles. The van der Waals surface area contributed by atoms with Gasteiger partial charge < -0.3 is 9.55 Å². The zero-order valence-electron chi connectivity index (χ0n) is 22.7. The molecule has 5 nitrogen and oxygen atoms in total. The van der Waals surface area contributed by atoms with Gasteiger partial charge in [0, 0.05) is 35.8 Å². The molecule has 1 N–H and O–H groups in total. The monoisotopic (exact) mass is 503 g/mol. The summed E-state index contributed by atoms with van der Waals surface area (Å²) in [6, 6.07) is 19.7. The number of imidazole rings is 1. The second-order valence-corrected chi connectivity index (χ2v) is 10.7. The molecule has 0 amide bonds. The van der Waals surface area contributed by atoms with Crippen LogP contribution in [0, 0.1) is 13.8 Å². The number of rotatable bonds is 7. The Morgan fingerprint density at radius 2 is 1.79 bits per heavy atom. The van der Waals surface area contributed by atoms with E-state index in [0.29, 0.717) is 5.92 Å². The first-order valence-corrected chi connectivity index (χ1v) is 14.0. The van der Waals surface area contributed by atoms with E-state index in [1.54, 1.807) is 0 Å². The van der Waals surface area contributed by atoms with Crippen LogP contribution in [0.5, 0.6) is 0 Å². The summed E-state index contributed by atoms with van der Waals surface area (Å²) in [4.78, 5) is 15.7. The van der Waals surface area contributed by atoms with E-state index in [9.17, 15) is 0 Å². The van der Waals surface area contributed by atoms with Crippen molar-refractivity contribution in [3.05, 3.63) is 101 Å². The van der Waals surface area contributed by atoms with Gasteiger partial charge >= 0.3 is 0 Å². The average Bonchev–Trinajstić information content (AvgIpc) is 3.52. The minimum Gasteiger partial charge on any atom is -0.361 e. The molecule has 2 aromatic carbocycles. The summed E-state index contributed by atoms with van der Waals surface area (Å²) in [7, 11) is 0. The molecule has 0 atom stereocenters. The van der Waals surface area contributed by atoms with Crippen molar-refractivity contribution in [3.63, 3.8) is 0 Å². The molecule has 5 aromatic rings. The number of nitrogens with one attached hydrogen (secondary N) is 1. The molecule has 1 aliphatic heterocycles. The number of aromatic amines is 1. The van der Waals surface area contributed by atoms with Crippen molar-refractivity contribution in [2.45, 2.75) is 52.5 Å². The van der Waals surface area contributed by atoms with Gasteiger partial charge in [0.05, 0.1) is 6.54 Å². The summed E-state index contributed by atoms with van der Waals surface area (Å²) >= 11 is 0. The van der Waals surface area contributed by atoms with Crippen LogP contribution in [0.25, 0.3) is 28.1 Å². The largest absolute Gasteiger partial charge is 0.361 e. The zero-order chi connectivity index (χ0) is 26.1. The van der Waals surface area contributed by atoms with Crippen LogP contribution >= 0.6 is 0 Å². The van der Waals surface area contributed by atoms with Crippen molar-refractivity contribution in [2.24, 2.45) is 0 Å². The number of hydrogen-bond acceptors (Lipinski definition) is 3. The van der Waals surface area contributed by atoms with Crippen molar-refractivity contribution in [3.8, 4) is 0 Å². The Bertz CT molecular complexity index is 1580. The first kappa shape index (κ1) is 24.6. The predicted molar refractivity (Wildman–Crippen MR) is 158 cm³/mol. The second-order valence-electron chi connectivity index (χ2n) is 10.7. The molecule has 0 aliphatic carbocycles. The number of nitrogens with zero attached hydrogens (tertiary/aromatic N) is 4. The Hall–Kier alpha value is -3.70. The van der Waals surface area contributed by atoms with Gasteiger partial charge in [0.25, 0.3) is 0 Å². The lowest BCUT2D eigenvalue weighted by atomic mass is 9.89. The van der Waals surface area contributed by atoms with Crippen LogP contribution in [-0.2, 0) is 13.0 Å². The van der Waals surface area contributed by atoms with Crippen LogP contribution in [-0.4, -0.2) is 44.1 Å². The number of pyridine rings is 1. The van der Waals surface area contributed by atoms with Gasteiger partial charge in [-0.3, -0.25) is 4.90 Å². The van der Waals surface area contributed by atoms with E-state index in [1.165, 1.54) is 46.0 Å². The van der Waals surface area contributed by atoms with Gasteiger partial charge in [-0.2, -0.15) is 0 Å². The quantitative estimate of drug-likeness (QED) is 0.259. The van der Waals surface area contributed by atoms with Gasteiger partial charge in [-0.05, 0) is 80.1 Å². The van der Waals surface area contributed by atoms with Gasteiger partial charge in [0.1, 0.15) is 11.3 Å². The summed E-state index contributed by atoms with van der Waals surface area (Å²) in [5.74, 6) is 1.75. The van der Waals surface area contributed by atoms with Crippen LogP contribution in [0.1, 0.15) is 59.5 Å². The Kier molecular flexibility index (Phi) is 6.86. The number of aryl methyl sites for hydroxylation is 3. The number of hydrogen-bond donors (Lipinski definition) is 1. The normalized spacial score (nSPS) is 15.3. The summed E-state index contributed by atoms with van der Waals surface area (Å²) in [5, 5.41) is 1.39. The van der Waals surface area contributed by atoms with Crippen molar-refractivity contribution in [1.82, 2.24) is 24.4 Å². The number of H-pyrrole nitrogens is 1. The van der Waals surface area contributed by atoms with Crippen LogP contribution < -0.4 is 0 Å². The molecule has 0 bridgehead atoms. The zero-order valence-corrected chi connectivity index (χ0v) is 22.7. The molecule has 0 spiro atoms. The molecule has 38 heavy (non-hydrogen) atoms. The first-order valence-electron chi connectivity index (χ1n) is 14.0. The fourth-order valence-electron chi connectivity index (χ4n) is 6.00. The average molecular weight is 504 g/mol. The molecular weight excluding hydrogens is 466 g/mol. The third kappa shape index (κ3) is 4.91. The third-order valence-electron chi connectivity index (χ3n) is 8.06. The van der Waals surface area contributed by atoms with Crippen LogP contribution in [0.3, 0.4) is 0 Å². The van der Waals surface area contributed by atoms with Crippen LogP contribution in [0.4, 0.5) is 0 Å². The van der Waals surface area contributed by atoms with E-state index in [2.05, 4.69) is 108 Å². The van der Waals surface area contributed by atoms with E-state index in [0.717, 1.165) is 55.3 Å². The molecule has 0 unspecified atom stereocenters. The third-order valence-corrected chi connectivity index (χ3v) is 8.06. The highest BCUT2D eigenvalue weighted by atomic mass is 15.1. The van der Waals surface area contributed by atoms with E-state index in [-0.39, 0.29) is 0 Å². The highest BCUT2D eigenvalue weighted by molar-refractivity contribution is 5.83. The van der Waals surface area contributed by atoms with E-state index < -0.39 is 0 Å². The maximum Gasteiger partial charge on any atom is 0.160 e. The van der Waals surface area contributed by atoms with Crippen molar-refractivity contribution < 1.29 is 0 Å². The smallest absolute Gasteiger partial charge is 0.160 e. The van der Waals surface area contributed by atoms with Gasteiger partial charge in [-0.1, -0.05) is 61.5 Å². The van der Waals surface area contributed by atoms with Crippen LogP contribution in [0.15, 0.2) is 66.9 Å². The minimum atomic E-state index is 0.655. The highest BCUT2D eigenvalue weighted by Gasteiger charge is 2.22. The Morgan fingerprint density at radius 3 is 2.58 bits per heavy atom. The van der Waals surface area contributed by atoms with Gasteiger partial charge in [0.15, 0.2) is 5.65 Å². The summed E-state index contributed by atoms with van der Waals surface area (Å²) in [6.07, 6.45) is 10.1. The molecule has 1 aliphatic rings. The summed E-state index contributed by atoms with van der Waals surface area (Å²) in [5.41, 5.74) is 9.53. The number of benzene rings is 2. The SMILES string of the molecule is CCc1nc2c(C)cc(C)nc2n1Cc1ccc(C=CCN2CCC(c3c[nH]c4ccccc34)CC2)cc1. The molecular formula is C33H37N5. The topological polar surface area (TPSA) is 49.7 Å². The molecule has 0 radical (unpaired) electrons. The van der Waals surface area contributed by atoms with Crippen molar-refractivity contribution >= 4 is 28.1 Å². The fourth-order valence-corrected chi connectivity index (χ4v) is 6.00. The van der Waals surface area contributed by atoms with E-state index in [4.69, 9.17) is 9.97 Å². The number of likely N-dealkylation sites (tertiary alicyclic amines) is 1. The molecule has 1 fully saturated rings. The van der Waals surface area contributed by atoms with Crippen LogP contribution in [0.2, 0.25) is 0 Å². The summed E-state index contributed by atoms with van der Waals surface area (Å²) in [6.45, 7) is 10.5. The van der Waals surface area contributed by atoms with Crippen molar-refractivity contribution in [2.75, 3.05) is 19.6 Å². The number of para-hydroxylation sites is 1. The number of piperidine rings is 1. The molecule has 5 heteroatoms. The molecule has 0 saturated carbocycles. The van der Waals surface area contributed by atoms with Gasteiger partial charge in [-0.15, -0.1) is 0 Å². The molecule has 1 saturated heterocycles. The van der Waals surface area contributed by atoms with Gasteiger partial charge in [0.2, 0.25) is 0 Å². The van der Waals surface area contributed by atoms with E-state index >= 15 is 0 Å². The minimum absolute atomic E-state index is 0.655. The number of fused-ring (bicyclic) bond motifs is 2. The fraction of sp³-hybridized carbons (Fsp3) is 0.333. The lowest BCUT2D eigenvalue weighted by Crippen LogP contribution is -2.32. The van der Waals surface area contributed by atoms with Crippen molar-refractivity contribution in [1.29, 1.82) is 0 Å². The highest BCUT2D eigenvalue weighted by Crippen LogP contribution is 2.33. The Labute approximate surface area is 225 Å². The standard InChI is InChI=1S/C33H37N5/c1-4-31-36-32-23(2)20-24(3)35-33(32)38(31)22-26-13-11-25(12-14-26)8-7-17-37-18-15-27(16-19-37)29-21-34-30-10-6-5-9-28(29)30/h5-14,20-21,27,34H,4,15-19,22H2,1-3H3. The Balaban J connectivity index is 1.06. The molecule has 194 valence electrons. The first-order chi connectivity index (χ1) is 18.6. The molecule has 6 rings (SSSR count). The number of aromatic nitrogens is 4. The van der Waals surface area contributed by atoms with Gasteiger partial charge in [-0.25, -0.2) is 9.97 Å². The van der Waals surface area contributed by atoms with E-state index in [1.807, 2.05) is 0 Å². The Morgan fingerprint density at radius 1 is 1.00 bits per heavy atom. The second kappa shape index (κ2) is 10.6. The predicted octanol–water partition coefficient (Wildman–Crippen LogP) is 7.03. The summed E-state index contributed by atoms with van der Waals surface area (Å²) < 4.78 is 2.28. The maximum absolute atomic E-state index is 4.89. The maximum atomic E-state index is 4.89. The lowest BCUT2D eigenvalue weighted by Gasteiger charge is -2.31.